The van der Waals surface area contributed by atoms with Gasteiger partial charge in [0.1, 0.15) is 6.10 Å². The fourth-order valence-electron chi connectivity index (χ4n) is 1.02. The molecule has 2 atom stereocenters. The Morgan fingerprint density at radius 3 is 2.42 bits per heavy atom. The number of aliphatic hydroxyl groups is 1. The largest absolute Gasteiger partial charge is 0.460 e. The van der Waals surface area contributed by atoms with Crippen molar-refractivity contribution in [1.29, 1.82) is 0 Å². The molecule has 0 aromatic rings. The van der Waals surface area contributed by atoms with Crippen molar-refractivity contribution in [3.63, 3.8) is 0 Å². The molecule has 108 valence electrons. The predicted octanol–water partition coefficient (Wildman–Crippen LogP) is 0.514. The number of hydrogen-bond acceptors (Lipinski definition) is 7. The van der Waals surface area contributed by atoms with E-state index in [0.29, 0.717) is 6.42 Å². The zero-order valence-corrected chi connectivity index (χ0v) is 11.0. The molecule has 0 aliphatic carbocycles. The minimum atomic E-state index is -0.908. The summed E-state index contributed by atoms with van der Waals surface area (Å²) in [5.74, 6) is -3.25. The summed E-state index contributed by atoms with van der Waals surface area (Å²) in [7, 11) is 0. The standard InChI is InChI=1S/C12H18O7/c1-4-9(7-13)17-11(15)6-8(3)12(16)19-18-10(14)5-2/h5,8-9,13H,2,4,6-7H2,1,3H3. The smallest absolute Gasteiger partial charge is 0.378 e. The Bertz CT molecular complexity index is 333. The Kier molecular flexibility index (Phi) is 8.19. The molecule has 19 heavy (non-hydrogen) atoms. The SMILES string of the molecule is C=CC(=O)OOC(=O)C(C)CC(=O)OC(CC)CO. The molecule has 0 aromatic carbocycles. The Labute approximate surface area is 111 Å². The van der Waals surface area contributed by atoms with Gasteiger partial charge in [-0.3, -0.25) is 4.79 Å². The van der Waals surface area contributed by atoms with Crippen LogP contribution in [0.5, 0.6) is 0 Å². The van der Waals surface area contributed by atoms with Gasteiger partial charge in [0.25, 0.3) is 0 Å². The van der Waals surface area contributed by atoms with Crippen LogP contribution < -0.4 is 0 Å². The molecule has 7 heteroatoms. The second kappa shape index (κ2) is 9.09. The summed E-state index contributed by atoms with van der Waals surface area (Å²) >= 11 is 0. The van der Waals surface area contributed by atoms with E-state index in [1.54, 1.807) is 6.92 Å². The first-order valence-corrected chi connectivity index (χ1v) is 5.79. The molecule has 0 aliphatic heterocycles. The van der Waals surface area contributed by atoms with Crippen LogP contribution in [0.25, 0.3) is 0 Å². The summed E-state index contributed by atoms with van der Waals surface area (Å²) in [5.41, 5.74) is 0. The predicted molar refractivity (Wildman–Crippen MR) is 63.4 cm³/mol. The van der Waals surface area contributed by atoms with Crippen LogP contribution in [0.15, 0.2) is 12.7 Å². The monoisotopic (exact) mass is 274 g/mol. The van der Waals surface area contributed by atoms with Gasteiger partial charge in [-0.15, -0.1) is 0 Å². The molecule has 0 fully saturated rings. The van der Waals surface area contributed by atoms with Crippen molar-refractivity contribution in [3.8, 4) is 0 Å². The number of ether oxygens (including phenoxy) is 1. The van der Waals surface area contributed by atoms with Crippen molar-refractivity contribution in [3.05, 3.63) is 12.7 Å². The molecule has 7 nitrogen and oxygen atoms in total. The van der Waals surface area contributed by atoms with E-state index in [1.165, 1.54) is 6.92 Å². The summed E-state index contributed by atoms with van der Waals surface area (Å²) in [6.45, 7) is 6.01. The highest BCUT2D eigenvalue weighted by Gasteiger charge is 2.23. The molecule has 0 rings (SSSR count). The van der Waals surface area contributed by atoms with Crippen LogP contribution in [0.3, 0.4) is 0 Å². The lowest BCUT2D eigenvalue weighted by atomic mass is 10.1. The average Bonchev–Trinajstić information content (AvgIpc) is 2.41. The van der Waals surface area contributed by atoms with Gasteiger partial charge in [-0.2, -0.15) is 0 Å². The van der Waals surface area contributed by atoms with Crippen LogP contribution in [-0.2, 0) is 28.9 Å². The third-order valence-corrected chi connectivity index (χ3v) is 2.20. The summed E-state index contributed by atoms with van der Waals surface area (Å²) in [5, 5.41) is 8.85. The summed E-state index contributed by atoms with van der Waals surface area (Å²) in [6.07, 6.45) is 0.479. The zero-order chi connectivity index (χ0) is 14.8. The number of rotatable bonds is 7. The summed E-state index contributed by atoms with van der Waals surface area (Å²) < 4.78 is 4.90. The first-order valence-electron chi connectivity index (χ1n) is 5.79. The van der Waals surface area contributed by atoms with Crippen molar-refractivity contribution >= 4 is 17.9 Å². The van der Waals surface area contributed by atoms with Gasteiger partial charge in [0.2, 0.25) is 0 Å². The van der Waals surface area contributed by atoms with Gasteiger partial charge in [0.15, 0.2) is 0 Å². The minimum absolute atomic E-state index is 0.235. The van der Waals surface area contributed by atoms with Crippen LogP contribution in [0, 0.1) is 5.92 Å². The first kappa shape index (κ1) is 17.1. The number of carbonyl (C=O) groups is 3. The Balaban J connectivity index is 4.10. The van der Waals surface area contributed by atoms with E-state index in [1.807, 2.05) is 0 Å². The third kappa shape index (κ3) is 7.20. The molecule has 0 amide bonds. The molecule has 0 aromatic heterocycles. The van der Waals surface area contributed by atoms with E-state index < -0.39 is 29.9 Å². The second-order valence-corrected chi connectivity index (χ2v) is 3.82. The number of carbonyl (C=O) groups excluding carboxylic acids is 3. The maximum absolute atomic E-state index is 11.4. The van der Waals surface area contributed by atoms with Crippen molar-refractivity contribution < 1.29 is 34.0 Å². The second-order valence-electron chi connectivity index (χ2n) is 3.82. The highest BCUT2D eigenvalue weighted by atomic mass is 17.2. The molecule has 0 bridgehead atoms. The van der Waals surface area contributed by atoms with E-state index in [9.17, 15) is 14.4 Å². The molecular weight excluding hydrogens is 256 g/mol. The van der Waals surface area contributed by atoms with Gasteiger partial charge < -0.3 is 9.84 Å². The molecule has 0 heterocycles. The van der Waals surface area contributed by atoms with Gasteiger partial charge in [0.05, 0.1) is 18.9 Å². The van der Waals surface area contributed by atoms with Gasteiger partial charge in [-0.05, 0) is 6.42 Å². The lowest BCUT2D eigenvalue weighted by Crippen LogP contribution is -2.25. The summed E-state index contributed by atoms with van der Waals surface area (Å²) in [6, 6.07) is 0. The molecule has 1 N–H and O–H groups in total. The maximum atomic E-state index is 11.4. The summed E-state index contributed by atoms with van der Waals surface area (Å²) in [4.78, 5) is 41.7. The van der Waals surface area contributed by atoms with Crippen LogP contribution in [-0.4, -0.2) is 35.7 Å². The van der Waals surface area contributed by atoms with E-state index in [0.717, 1.165) is 6.08 Å². The highest BCUT2D eigenvalue weighted by molar-refractivity contribution is 5.83. The van der Waals surface area contributed by atoms with Crippen molar-refractivity contribution in [2.24, 2.45) is 5.92 Å². The topological polar surface area (TPSA) is 99.1 Å². The van der Waals surface area contributed by atoms with Crippen LogP contribution in [0.4, 0.5) is 0 Å². The minimum Gasteiger partial charge on any atom is -0.460 e. The number of aliphatic hydroxyl groups excluding tert-OH is 1. The van der Waals surface area contributed by atoms with E-state index in [2.05, 4.69) is 16.4 Å². The maximum Gasteiger partial charge on any atom is 0.378 e. The average molecular weight is 274 g/mol. The van der Waals surface area contributed by atoms with E-state index >= 15 is 0 Å². The van der Waals surface area contributed by atoms with Crippen molar-refractivity contribution in [2.45, 2.75) is 32.8 Å². The fraction of sp³-hybridized carbons (Fsp3) is 0.583. The molecule has 2 unspecified atom stereocenters. The van der Waals surface area contributed by atoms with Crippen molar-refractivity contribution in [2.75, 3.05) is 6.61 Å². The lowest BCUT2D eigenvalue weighted by Gasteiger charge is -2.14. The van der Waals surface area contributed by atoms with Crippen LogP contribution >= 0.6 is 0 Å². The lowest BCUT2D eigenvalue weighted by molar-refractivity contribution is -0.258. The van der Waals surface area contributed by atoms with E-state index in [-0.39, 0.29) is 13.0 Å². The van der Waals surface area contributed by atoms with Crippen LogP contribution in [0.2, 0.25) is 0 Å². The molecule has 0 aliphatic rings. The van der Waals surface area contributed by atoms with Crippen molar-refractivity contribution in [1.82, 2.24) is 0 Å². The molecule has 0 radical (unpaired) electrons. The normalized spacial score (nSPS) is 13.0. The Hall–Kier alpha value is -1.89. The van der Waals surface area contributed by atoms with E-state index in [4.69, 9.17) is 9.84 Å². The molecular formula is C12H18O7. The molecule has 0 spiro atoms. The van der Waals surface area contributed by atoms with Gasteiger partial charge in [-0.1, -0.05) is 20.4 Å². The van der Waals surface area contributed by atoms with Gasteiger partial charge in [0, 0.05) is 6.08 Å². The third-order valence-electron chi connectivity index (χ3n) is 2.20. The highest BCUT2D eigenvalue weighted by Crippen LogP contribution is 2.09. The Morgan fingerprint density at radius 2 is 1.95 bits per heavy atom. The number of esters is 1. The Morgan fingerprint density at radius 1 is 1.32 bits per heavy atom. The zero-order valence-electron chi connectivity index (χ0n) is 11.0. The van der Waals surface area contributed by atoms with Gasteiger partial charge in [-0.25, -0.2) is 19.4 Å². The molecule has 0 saturated heterocycles. The fourth-order valence-corrected chi connectivity index (χ4v) is 1.02. The van der Waals surface area contributed by atoms with Crippen LogP contribution in [0.1, 0.15) is 26.7 Å². The quantitative estimate of drug-likeness (QED) is 0.312. The number of hydrogen-bond donors (Lipinski definition) is 1. The van der Waals surface area contributed by atoms with Gasteiger partial charge >= 0.3 is 17.9 Å². The molecule has 0 saturated carbocycles. The first-order chi connectivity index (χ1) is 8.94.